The first-order valence-electron chi connectivity index (χ1n) is 8.00. The number of amides is 2. The highest BCUT2D eigenvalue weighted by Gasteiger charge is 2.29. The molecular weight excluding hydrogens is 330 g/mol. The van der Waals surface area contributed by atoms with Gasteiger partial charge >= 0.3 is 6.03 Å². The minimum absolute atomic E-state index is 0.0581. The van der Waals surface area contributed by atoms with Gasteiger partial charge < -0.3 is 4.90 Å². The molecule has 122 valence electrons. The standard InChI is InChI=1S/C15H19N5OS2/c1-9-8-22-12(16-9)11-4-6-20(7-5-11)15(21)17-14-19-18-13(23-14)10-2-3-10/h8,10-11H,2-7H2,1H3,(H,17,19,21). The van der Waals surface area contributed by atoms with Gasteiger partial charge in [0.15, 0.2) is 0 Å². The monoisotopic (exact) mass is 349 g/mol. The molecule has 0 unspecified atom stereocenters. The molecule has 1 aliphatic heterocycles. The van der Waals surface area contributed by atoms with Gasteiger partial charge in [-0.25, -0.2) is 9.78 Å². The third-order valence-corrected chi connectivity index (χ3v) is 6.48. The summed E-state index contributed by atoms with van der Waals surface area (Å²) in [7, 11) is 0. The van der Waals surface area contributed by atoms with Gasteiger partial charge in [-0.2, -0.15) is 0 Å². The van der Waals surface area contributed by atoms with Crippen molar-refractivity contribution in [3.05, 3.63) is 21.1 Å². The second-order valence-electron chi connectivity index (χ2n) is 6.24. The minimum Gasteiger partial charge on any atom is -0.324 e. The Kier molecular flexibility index (Phi) is 4.02. The Labute approximate surface area is 143 Å². The molecule has 0 spiro atoms. The number of hydrogen-bond donors (Lipinski definition) is 1. The molecule has 6 nitrogen and oxygen atoms in total. The third-order valence-electron chi connectivity index (χ3n) is 4.35. The van der Waals surface area contributed by atoms with Gasteiger partial charge in [0.2, 0.25) is 5.13 Å². The number of aromatic nitrogens is 3. The number of hydrogen-bond acceptors (Lipinski definition) is 6. The molecule has 0 atom stereocenters. The summed E-state index contributed by atoms with van der Waals surface area (Å²) in [6, 6.07) is -0.0581. The summed E-state index contributed by atoms with van der Waals surface area (Å²) in [5.41, 5.74) is 1.09. The van der Waals surface area contributed by atoms with E-state index in [0.29, 0.717) is 17.0 Å². The first kappa shape index (κ1) is 15.0. The maximum atomic E-state index is 12.4. The van der Waals surface area contributed by atoms with E-state index >= 15 is 0 Å². The lowest BCUT2D eigenvalue weighted by molar-refractivity contribution is 0.194. The second kappa shape index (κ2) is 6.16. The van der Waals surface area contributed by atoms with E-state index in [-0.39, 0.29) is 6.03 Å². The van der Waals surface area contributed by atoms with Gasteiger partial charge in [0, 0.05) is 36.0 Å². The molecular formula is C15H19N5OS2. The molecule has 0 radical (unpaired) electrons. The van der Waals surface area contributed by atoms with E-state index in [9.17, 15) is 4.79 Å². The maximum Gasteiger partial charge on any atom is 0.323 e. The van der Waals surface area contributed by atoms with Crippen LogP contribution >= 0.6 is 22.7 Å². The number of carbonyl (C=O) groups excluding carboxylic acids is 1. The molecule has 2 aliphatic rings. The van der Waals surface area contributed by atoms with Gasteiger partial charge in [-0.15, -0.1) is 21.5 Å². The topological polar surface area (TPSA) is 71.0 Å². The average Bonchev–Trinajstić information content (AvgIpc) is 3.16. The van der Waals surface area contributed by atoms with Gasteiger partial charge in [0.25, 0.3) is 0 Å². The number of nitrogens with one attached hydrogen (secondary N) is 1. The molecule has 2 aromatic heterocycles. The number of anilines is 1. The van der Waals surface area contributed by atoms with Crippen LogP contribution in [0, 0.1) is 6.92 Å². The van der Waals surface area contributed by atoms with Crippen molar-refractivity contribution in [1.29, 1.82) is 0 Å². The van der Waals surface area contributed by atoms with E-state index < -0.39 is 0 Å². The predicted molar refractivity (Wildman–Crippen MR) is 91.3 cm³/mol. The molecule has 2 aromatic rings. The van der Waals surface area contributed by atoms with Crippen molar-refractivity contribution in [2.24, 2.45) is 0 Å². The zero-order valence-corrected chi connectivity index (χ0v) is 14.6. The van der Waals surface area contributed by atoms with Crippen LogP contribution in [0.5, 0.6) is 0 Å². The first-order valence-corrected chi connectivity index (χ1v) is 9.70. The van der Waals surface area contributed by atoms with Crippen LogP contribution in [0.3, 0.4) is 0 Å². The second-order valence-corrected chi connectivity index (χ2v) is 8.14. The summed E-state index contributed by atoms with van der Waals surface area (Å²) < 4.78 is 0. The number of carbonyl (C=O) groups is 1. The lowest BCUT2D eigenvalue weighted by atomic mass is 9.98. The zero-order chi connectivity index (χ0) is 15.8. The SMILES string of the molecule is Cc1csc(C2CCN(C(=O)Nc3nnc(C4CC4)s3)CC2)n1. The molecule has 1 saturated carbocycles. The Morgan fingerprint density at radius 2 is 1.91 bits per heavy atom. The maximum absolute atomic E-state index is 12.4. The van der Waals surface area contributed by atoms with Crippen LogP contribution in [-0.2, 0) is 0 Å². The number of aryl methyl sites for hydroxylation is 1. The number of likely N-dealkylation sites (tertiary alicyclic amines) is 1. The van der Waals surface area contributed by atoms with Gasteiger partial charge in [0.05, 0.1) is 5.01 Å². The molecule has 1 saturated heterocycles. The van der Waals surface area contributed by atoms with Crippen LogP contribution < -0.4 is 5.32 Å². The quantitative estimate of drug-likeness (QED) is 0.919. The van der Waals surface area contributed by atoms with Crippen molar-refractivity contribution >= 4 is 33.8 Å². The van der Waals surface area contributed by atoms with Crippen LogP contribution in [0.2, 0.25) is 0 Å². The van der Waals surface area contributed by atoms with Crippen molar-refractivity contribution in [3.63, 3.8) is 0 Å². The molecule has 8 heteroatoms. The Balaban J connectivity index is 1.31. The Morgan fingerprint density at radius 1 is 1.17 bits per heavy atom. The molecule has 1 aliphatic carbocycles. The smallest absolute Gasteiger partial charge is 0.323 e. The van der Waals surface area contributed by atoms with Crippen LogP contribution in [0.4, 0.5) is 9.93 Å². The average molecular weight is 349 g/mol. The summed E-state index contributed by atoms with van der Waals surface area (Å²) in [4.78, 5) is 18.8. The Bertz CT molecular complexity index is 700. The number of nitrogens with zero attached hydrogens (tertiary/aromatic N) is 4. The molecule has 23 heavy (non-hydrogen) atoms. The van der Waals surface area contributed by atoms with Crippen molar-refractivity contribution in [3.8, 4) is 0 Å². The van der Waals surface area contributed by atoms with E-state index in [4.69, 9.17) is 0 Å². The van der Waals surface area contributed by atoms with E-state index in [1.807, 2.05) is 11.8 Å². The lowest BCUT2D eigenvalue weighted by Gasteiger charge is -2.30. The highest BCUT2D eigenvalue weighted by atomic mass is 32.1. The molecule has 3 heterocycles. The van der Waals surface area contributed by atoms with Gasteiger partial charge in [-0.05, 0) is 32.6 Å². The zero-order valence-electron chi connectivity index (χ0n) is 13.0. The van der Waals surface area contributed by atoms with E-state index in [0.717, 1.165) is 36.6 Å². The van der Waals surface area contributed by atoms with E-state index in [1.54, 1.807) is 11.3 Å². The predicted octanol–water partition coefficient (Wildman–Crippen LogP) is 3.59. The molecule has 4 rings (SSSR count). The molecule has 0 aromatic carbocycles. The van der Waals surface area contributed by atoms with E-state index in [1.165, 1.54) is 29.2 Å². The minimum atomic E-state index is -0.0581. The summed E-state index contributed by atoms with van der Waals surface area (Å²) in [5.74, 6) is 1.07. The van der Waals surface area contributed by atoms with Gasteiger partial charge in [-0.3, -0.25) is 5.32 Å². The van der Waals surface area contributed by atoms with Crippen LogP contribution in [0.25, 0.3) is 0 Å². The van der Waals surface area contributed by atoms with Crippen molar-refractivity contribution in [1.82, 2.24) is 20.1 Å². The Morgan fingerprint density at radius 3 is 2.57 bits per heavy atom. The fraction of sp³-hybridized carbons (Fsp3) is 0.600. The lowest BCUT2D eigenvalue weighted by Crippen LogP contribution is -2.40. The highest BCUT2D eigenvalue weighted by Crippen LogP contribution is 2.42. The molecule has 2 fully saturated rings. The summed E-state index contributed by atoms with van der Waals surface area (Å²) >= 11 is 3.24. The molecule has 2 amide bonds. The summed E-state index contributed by atoms with van der Waals surface area (Å²) in [6.07, 6.45) is 4.35. The van der Waals surface area contributed by atoms with Crippen molar-refractivity contribution in [2.45, 2.75) is 44.4 Å². The molecule has 1 N–H and O–H groups in total. The molecule has 0 bridgehead atoms. The largest absolute Gasteiger partial charge is 0.324 e. The normalized spacial score (nSPS) is 19.1. The number of rotatable bonds is 3. The Hall–Kier alpha value is -1.54. The van der Waals surface area contributed by atoms with E-state index in [2.05, 4.69) is 25.9 Å². The number of thiazole rings is 1. The van der Waals surface area contributed by atoms with Crippen molar-refractivity contribution < 1.29 is 4.79 Å². The summed E-state index contributed by atoms with van der Waals surface area (Å²) in [6.45, 7) is 3.56. The van der Waals surface area contributed by atoms with Gasteiger partial charge in [-0.1, -0.05) is 11.3 Å². The number of urea groups is 1. The van der Waals surface area contributed by atoms with Gasteiger partial charge in [0.1, 0.15) is 5.01 Å². The fourth-order valence-electron chi connectivity index (χ4n) is 2.84. The fourth-order valence-corrected chi connectivity index (χ4v) is 4.71. The highest BCUT2D eigenvalue weighted by molar-refractivity contribution is 7.15. The van der Waals surface area contributed by atoms with Crippen LogP contribution in [0.15, 0.2) is 5.38 Å². The van der Waals surface area contributed by atoms with Crippen LogP contribution in [-0.4, -0.2) is 39.2 Å². The summed E-state index contributed by atoms with van der Waals surface area (Å²) in [5, 5.41) is 16.1. The number of piperidine rings is 1. The third kappa shape index (κ3) is 3.37. The first-order chi connectivity index (χ1) is 11.2. The van der Waals surface area contributed by atoms with Crippen LogP contribution in [0.1, 0.15) is 53.2 Å². The van der Waals surface area contributed by atoms with Crippen molar-refractivity contribution in [2.75, 3.05) is 18.4 Å².